The highest BCUT2D eigenvalue weighted by Gasteiger charge is 2.48. The number of carbonyl (C=O) groups is 1. The van der Waals surface area contributed by atoms with Crippen LogP contribution in [0, 0.1) is 0 Å². The number of hydrogen-bond acceptors (Lipinski definition) is 3. The fourth-order valence-corrected chi connectivity index (χ4v) is 2.31. The van der Waals surface area contributed by atoms with Gasteiger partial charge in [-0.2, -0.15) is 0 Å². The van der Waals surface area contributed by atoms with E-state index < -0.39 is 11.4 Å². The van der Waals surface area contributed by atoms with E-state index in [2.05, 4.69) is 9.97 Å². The molecule has 2 aromatic rings. The third-order valence-corrected chi connectivity index (χ3v) is 3.54. The van der Waals surface area contributed by atoms with Crippen LogP contribution in [0.4, 0.5) is 0 Å². The summed E-state index contributed by atoms with van der Waals surface area (Å²) in [5.41, 5.74) is 0.507. The standard InChI is InChI=1S/C12H12N2O3/c15-7-2-3-8-9(6-7)14-10(13-8)12(11(16)17)4-1-5-12/h2-3,6,15H,1,4-5H2,(H,13,14)(H,16,17). The molecular weight excluding hydrogens is 220 g/mol. The van der Waals surface area contributed by atoms with Crippen molar-refractivity contribution in [2.24, 2.45) is 0 Å². The third kappa shape index (κ3) is 1.32. The summed E-state index contributed by atoms with van der Waals surface area (Å²) in [4.78, 5) is 18.7. The molecular formula is C12H12N2O3. The minimum Gasteiger partial charge on any atom is -0.508 e. The number of aromatic hydroxyl groups is 1. The van der Waals surface area contributed by atoms with Crippen LogP contribution in [0.25, 0.3) is 11.0 Å². The van der Waals surface area contributed by atoms with Crippen molar-refractivity contribution in [3.05, 3.63) is 24.0 Å². The van der Waals surface area contributed by atoms with Gasteiger partial charge in [-0.1, -0.05) is 6.42 Å². The molecule has 0 amide bonds. The molecule has 17 heavy (non-hydrogen) atoms. The molecule has 0 unspecified atom stereocenters. The number of aromatic amines is 1. The molecule has 0 aliphatic heterocycles. The summed E-state index contributed by atoms with van der Waals surface area (Å²) in [6.07, 6.45) is 2.15. The number of imidazole rings is 1. The van der Waals surface area contributed by atoms with Crippen molar-refractivity contribution in [2.75, 3.05) is 0 Å². The molecule has 5 nitrogen and oxygen atoms in total. The molecule has 3 rings (SSSR count). The number of hydrogen-bond donors (Lipinski definition) is 3. The average Bonchev–Trinajstić information content (AvgIpc) is 2.57. The van der Waals surface area contributed by atoms with E-state index >= 15 is 0 Å². The Morgan fingerprint density at radius 3 is 2.76 bits per heavy atom. The number of rotatable bonds is 2. The van der Waals surface area contributed by atoms with Crippen molar-refractivity contribution in [1.29, 1.82) is 0 Å². The summed E-state index contributed by atoms with van der Waals surface area (Å²) in [7, 11) is 0. The summed E-state index contributed by atoms with van der Waals surface area (Å²) in [6.45, 7) is 0. The van der Waals surface area contributed by atoms with Gasteiger partial charge in [0.15, 0.2) is 0 Å². The van der Waals surface area contributed by atoms with Crippen LogP contribution < -0.4 is 0 Å². The lowest BCUT2D eigenvalue weighted by atomic mass is 9.68. The van der Waals surface area contributed by atoms with Crippen LogP contribution in [0.15, 0.2) is 18.2 Å². The first kappa shape index (κ1) is 10.1. The van der Waals surface area contributed by atoms with E-state index in [-0.39, 0.29) is 5.75 Å². The van der Waals surface area contributed by atoms with Gasteiger partial charge < -0.3 is 15.2 Å². The fourth-order valence-electron chi connectivity index (χ4n) is 2.31. The lowest BCUT2D eigenvalue weighted by molar-refractivity contribution is -0.147. The maximum atomic E-state index is 11.3. The zero-order chi connectivity index (χ0) is 12.0. The monoisotopic (exact) mass is 232 g/mol. The first-order valence-corrected chi connectivity index (χ1v) is 5.54. The lowest BCUT2D eigenvalue weighted by Crippen LogP contribution is -2.43. The predicted octanol–water partition coefficient (Wildman–Crippen LogP) is 1.77. The Hall–Kier alpha value is -2.04. The molecule has 88 valence electrons. The van der Waals surface area contributed by atoms with E-state index in [1.54, 1.807) is 18.2 Å². The van der Waals surface area contributed by atoms with Crippen molar-refractivity contribution in [1.82, 2.24) is 9.97 Å². The van der Waals surface area contributed by atoms with Crippen molar-refractivity contribution in [3.63, 3.8) is 0 Å². The molecule has 1 aliphatic rings. The van der Waals surface area contributed by atoms with E-state index in [0.717, 1.165) is 6.42 Å². The first-order valence-electron chi connectivity index (χ1n) is 5.54. The number of aliphatic carboxylic acids is 1. The minimum absolute atomic E-state index is 0.144. The van der Waals surface area contributed by atoms with Gasteiger partial charge in [-0.3, -0.25) is 4.79 Å². The lowest BCUT2D eigenvalue weighted by Gasteiger charge is -2.35. The molecule has 1 heterocycles. The number of carboxylic acid groups (broad SMARTS) is 1. The van der Waals surface area contributed by atoms with Crippen LogP contribution in [-0.2, 0) is 10.2 Å². The highest BCUT2D eigenvalue weighted by molar-refractivity contribution is 5.84. The molecule has 5 heteroatoms. The number of aromatic nitrogens is 2. The Morgan fingerprint density at radius 2 is 2.18 bits per heavy atom. The van der Waals surface area contributed by atoms with E-state index in [0.29, 0.717) is 29.7 Å². The molecule has 0 radical (unpaired) electrons. The zero-order valence-electron chi connectivity index (χ0n) is 9.10. The number of H-pyrrole nitrogens is 1. The molecule has 1 fully saturated rings. The van der Waals surface area contributed by atoms with Crippen LogP contribution in [0.3, 0.4) is 0 Å². The Balaban J connectivity index is 2.14. The number of fused-ring (bicyclic) bond motifs is 1. The van der Waals surface area contributed by atoms with E-state index in [1.165, 1.54) is 0 Å². The first-order chi connectivity index (χ1) is 8.12. The quantitative estimate of drug-likeness (QED) is 0.736. The Morgan fingerprint density at radius 1 is 1.41 bits per heavy atom. The molecule has 0 saturated heterocycles. The van der Waals surface area contributed by atoms with Gasteiger partial charge in [0.05, 0.1) is 11.0 Å². The highest BCUT2D eigenvalue weighted by atomic mass is 16.4. The van der Waals surface area contributed by atoms with Crippen molar-refractivity contribution >= 4 is 17.0 Å². The second-order valence-electron chi connectivity index (χ2n) is 4.53. The van der Waals surface area contributed by atoms with Gasteiger partial charge in [0, 0.05) is 6.07 Å². The topological polar surface area (TPSA) is 86.2 Å². The van der Waals surface area contributed by atoms with Crippen LogP contribution in [-0.4, -0.2) is 26.2 Å². The Kier molecular flexibility index (Phi) is 1.92. The summed E-state index contributed by atoms with van der Waals surface area (Å²) in [5, 5.41) is 18.7. The van der Waals surface area contributed by atoms with Crippen LogP contribution in [0.5, 0.6) is 5.75 Å². The normalized spacial score (nSPS) is 17.9. The van der Waals surface area contributed by atoms with E-state index in [9.17, 15) is 15.0 Å². The highest BCUT2D eigenvalue weighted by Crippen LogP contribution is 2.43. The van der Waals surface area contributed by atoms with Gasteiger partial charge in [-0.05, 0) is 25.0 Å². The smallest absolute Gasteiger partial charge is 0.317 e. The minimum atomic E-state index is -0.853. The van der Waals surface area contributed by atoms with E-state index in [1.807, 2.05) is 0 Å². The largest absolute Gasteiger partial charge is 0.508 e. The van der Waals surface area contributed by atoms with E-state index in [4.69, 9.17) is 0 Å². The predicted molar refractivity (Wildman–Crippen MR) is 60.9 cm³/mol. The maximum absolute atomic E-state index is 11.3. The van der Waals surface area contributed by atoms with Crippen molar-refractivity contribution in [2.45, 2.75) is 24.7 Å². The second kappa shape index (κ2) is 3.23. The van der Waals surface area contributed by atoms with Crippen molar-refractivity contribution < 1.29 is 15.0 Å². The molecule has 1 aromatic carbocycles. The van der Waals surface area contributed by atoms with Gasteiger partial charge >= 0.3 is 5.97 Å². The van der Waals surface area contributed by atoms with Crippen LogP contribution >= 0.6 is 0 Å². The van der Waals surface area contributed by atoms with Gasteiger partial charge in [-0.15, -0.1) is 0 Å². The number of phenols is 1. The number of phenolic OH excluding ortho intramolecular Hbond substituents is 1. The van der Waals surface area contributed by atoms with Gasteiger partial charge in [0.25, 0.3) is 0 Å². The number of nitrogens with one attached hydrogen (secondary N) is 1. The molecule has 0 bridgehead atoms. The Labute approximate surface area is 97.1 Å². The van der Waals surface area contributed by atoms with Gasteiger partial charge in [-0.25, -0.2) is 4.98 Å². The molecule has 1 aliphatic carbocycles. The molecule has 0 atom stereocenters. The fraction of sp³-hybridized carbons (Fsp3) is 0.333. The third-order valence-electron chi connectivity index (χ3n) is 3.54. The summed E-state index contributed by atoms with van der Waals surface area (Å²) >= 11 is 0. The van der Waals surface area contributed by atoms with Gasteiger partial charge in [0.1, 0.15) is 17.0 Å². The molecule has 1 aromatic heterocycles. The zero-order valence-corrected chi connectivity index (χ0v) is 9.10. The van der Waals surface area contributed by atoms with Crippen LogP contribution in [0.2, 0.25) is 0 Å². The summed E-state index contributed by atoms with van der Waals surface area (Å²) < 4.78 is 0. The molecule has 0 spiro atoms. The number of carboxylic acids is 1. The number of nitrogens with zero attached hydrogens (tertiary/aromatic N) is 1. The Bertz CT molecular complexity index is 599. The van der Waals surface area contributed by atoms with Crippen molar-refractivity contribution in [3.8, 4) is 5.75 Å². The van der Waals surface area contributed by atoms with Gasteiger partial charge in [0.2, 0.25) is 0 Å². The number of benzene rings is 1. The SMILES string of the molecule is O=C(O)C1(c2nc3ccc(O)cc3[nH]2)CCC1. The average molecular weight is 232 g/mol. The molecule has 1 saturated carbocycles. The summed E-state index contributed by atoms with van der Waals surface area (Å²) in [5.74, 6) is -0.186. The maximum Gasteiger partial charge on any atom is 0.317 e. The second-order valence-corrected chi connectivity index (χ2v) is 4.53. The summed E-state index contributed by atoms with van der Waals surface area (Å²) in [6, 6.07) is 4.78. The van der Waals surface area contributed by atoms with Crippen LogP contribution in [0.1, 0.15) is 25.1 Å². The molecule has 3 N–H and O–H groups in total.